The minimum atomic E-state index is 0.637. The molecule has 3 heteroatoms. The number of ether oxygens (including phenoxy) is 1. The lowest BCUT2D eigenvalue weighted by molar-refractivity contribution is 0.282. The van der Waals surface area contributed by atoms with Gasteiger partial charge in [-0.25, -0.2) is 0 Å². The molecule has 0 aliphatic rings. The van der Waals surface area contributed by atoms with Crippen molar-refractivity contribution >= 4 is 27.5 Å². The van der Waals surface area contributed by atoms with E-state index in [0.29, 0.717) is 5.92 Å². The Morgan fingerprint density at radius 3 is 2.53 bits per heavy atom. The molecule has 0 aromatic heterocycles. The fourth-order valence-electron chi connectivity index (χ4n) is 1.24. The summed E-state index contributed by atoms with van der Waals surface area (Å²) in [5.74, 6) is 2.30. The van der Waals surface area contributed by atoms with Crippen LogP contribution in [-0.4, -0.2) is 12.5 Å². The molecule has 0 saturated heterocycles. The van der Waals surface area contributed by atoms with Crippen LogP contribution in [0.4, 0.5) is 0 Å². The molecule has 15 heavy (non-hydrogen) atoms. The van der Waals surface area contributed by atoms with Crippen LogP contribution in [0.25, 0.3) is 0 Å². The highest BCUT2D eigenvalue weighted by atomic mass is 79.9. The summed E-state index contributed by atoms with van der Waals surface area (Å²) in [5, 5.41) is 0. The Bertz CT molecular complexity index is 273. The summed E-state index contributed by atoms with van der Waals surface area (Å²) in [4.78, 5) is 0. The molecule has 0 spiro atoms. The van der Waals surface area contributed by atoms with Crippen LogP contribution >= 0.6 is 27.5 Å². The molecule has 1 unspecified atom stereocenters. The average molecular weight is 292 g/mol. The van der Waals surface area contributed by atoms with Crippen molar-refractivity contribution in [3.8, 4) is 5.75 Å². The van der Waals surface area contributed by atoms with Gasteiger partial charge in [0.2, 0.25) is 0 Å². The lowest BCUT2D eigenvalue weighted by atomic mass is 10.1. The number of halogens is 2. The fraction of sp³-hybridized carbons (Fsp3) is 0.500. The van der Waals surface area contributed by atoms with Crippen molar-refractivity contribution in [3.05, 3.63) is 28.7 Å². The largest absolute Gasteiger partial charge is 0.494 e. The minimum Gasteiger partial charge on any atom is -0.494 e. The molecular formula is C12H16BrClO. The average Bonchev–Trinajstić information content (AvgIpc) is 2.21. The quantitative estimate of drug-likeness (QED) is 0.702. The van der Waals surface area contributed by atoms with E-state index in [1.54, 1.807) is 0 Å². The van der Waals surface area contributed by atoms with E-state index in [1.807, 2.05) is 24.3 Å². The SMILES string of the molecule is CC(CCCl)CCOc1ccc(Br)cc1. The number of hydrogen-bond acceptors (Lipinski definition) is 1. The predicted molar refractivity (Wildman–Crippen MR) is 68.8 cm³/mol. The number of alkyl halides is 1. The summed E-state index contributed by atoms with van der Waals surface area (Å²) >= 11 is 9.05. The smallest absolute Gasteiger partial charge is 0.119 e. The summed E-state index contributed by atoms with van der Waals surface area (Å²) in [6, 6.07) is 7.90. The number of benzene rings is 1. The van der Waals surface area contributed by atoms with Crippen molar-refractivity contribution in [1.29, 1.82) is 0 Å². The summed E-state index contributed by atoms with van der Waals surface area (Å²) in [5.41, 5.74) is 0. The third kappa shape index (κ3) is 5.43. The molecule has 0 saturated carbocycles. The Labute approximate surface area is 105 Å². The highest BCUT2D eigenvalue weighted by Crippen LogP contribution is 2.17. The van der Waals surface area contributed by atoms with Gasteiger partial charge in [0.1, 0.15) is 5.75 Å². The van der Waals surface area contributed by atoms with E-state index in [4.69, 9.17) is 16.3 Å². The van der Waals surface area contributed by atoms with Crippen LogP contribution in [0.15, 0.2) is 28.7 Å². The zero-order valence-electron chi connectivity index (χ0n) is 8.88. The lowest BCUT2D eigenvalue weighted by Gasteiger charge is -2.10. The normalized spacial score (nSPS) is 12.5. The topological polar surface area (TPSA) is 9.23 Å². The van der Waals surface area contributed by atoms with Crippen molar-refractivity contribution in [2.45, 2.75) is 19.8 Å². The van der Waals surface area contributed by atoms with Gasteiger partial charge < -0.3 is 4.74 Å². The molecule has 0 N–H and O–H groups in total. The zero-order chi connectivity index (χ0) is 11.1. The van der Waals surface area contributed by atoms with Crippen molar-refractivity contribution in [2.75, 3.05) is 12.5 Å². The molecule has 1 rings (SSSR count). The molecule has 1 aromatic rings. The molecule has 0 heterocycles. The first-order valence-corrected chi connectivity index (χ1v) is 6.49. The molecule has 84 valence electrons. The van der Waals surface area contributed by atoms with Crippen LogP contribution in [0.5, 0.6) is 5.75 Å². The summed E-state index contributed by atoms with van der Waals surface area (Å²) < 4.78 is 6.69. The van der Waals surface area contributed by atoms with Crippen molar-refractivity contribution < 1.29 is 4.74 Å². The van der Waals surface area contributed by atoms with E-state index in [2.05, 4.69) is 22.9 Å². The van der Waals surface area contributed by atoms with Crippen LogP contribution in [0.3, 0.4) is 0 Å². The van der Waals surface area contributed by atoms with E-state index in [0.717, 1.165) is 35.6 Å². The third-order valence-electron chi connectivity index (χ3n) is 2.29. The maximum Gasteiger partial charge on any atom is 0.119 e. The highest BCUT2D eigenvalue weighted by Gasteiger charge is 2.01. The van der Waals surface area contributed by atoms with E-state index < -0.39 is 0 Å². The first-order valence-electron chi connectivity index (χ1n) is 5.16. The highest BCUT2D eigenvalue weighted by molar-refractivity contribution is 9.10. The molecule has 0 fully saturated rings. The first-order chi connectivity index (χ1) is 7.22. The monoisotopic (exact) mass is 290 g/mol. The van der Waals surface area contributed by atoms with Crippen LogP contribution < -0.4 is 4.74 Å². The van der Waals surface area contributed by atoms with E-state index in [9.17, 15) is 0 Å². The third-order valence-corrected chi connectivity index (χ3v) is 3.04. The molecule has 0 bridgehead atoms. The van der Waals surface area contributed by atoms with Gasteiger partial charge in [0.05, 0.1) is 6.61 Å². The Morgan fingerprint density at radius 2 is 1.93 bits per heavy atom. The molecule has 0 radical (unpaired) electrons. The molecule has 1 aromatic carbocycles. The molecule has 0 aliphatic carbocycles. The predicted octanol–water partition coefficient (Wildman–Crippen LogP) is 4.48. The maximum atomic E-state index is 5.66. The van der Waals surface area contributed by atoms with Crippen molar-refractivity contribution in [3.63, 3.8) is 0 Å². The van der Waals surface area contributed by atoms with Crippen LogP contribution in [0, 0.1) is 5.92 Å². The Morgan fingerprint density at radius 1 is 1.27 bits per heavy atom. The van der Waals surface area contributed by atoms with E-state index in [-0.39, 0.29) is 0 Å². The van der Waals surface area contributed by atoms with Gasteiger partial charge in [0.25, 0.3) is 0 Å². The van der Waals surface area contributed by atoms with Gasteiger partial charge in [-0.15, -0.1) is 11.6 Å². The second kappa shape index (κ2) is 7.13. The van der Waals surface area contributed by atoms with Crippen LogP contribution in [0.1, 0.15) is 19.8 Å². The number of hydrogen-bond donors (Lipinski definition) is 0. The minimum absolute atomic E-state index is 0.637. The van der Waals surface area contributed by atoms with Crippen LogP contribution in [-0.2, 0) is 0 Å². The molecule has 1 nitrogen and oxygen atoms in total. The van der Waals surface area contributed by atoms with E-state index in [1.165, 1.54) is 0 Å². The fourth-order valence-corrected chi connectivity index (χ4v) is 1.88. The molecule has 0 amide bonds. The first kappa shape index (κ1) is 12.9. The van der Waals surface area contributed by atoms with Gasteiger partial charge in [0.15, 0.2) is 0 Å². The lowest BCUT2D eigenvalue weighted by Crippen LogP contribution is -2.04. The number of rotatable bonds is 6. The van der Waals surface area contributed by atoms with Gasteiger partial charge in [-0.1, -0.05) is 22.9 Å². The summed E-state index contributed by atoms with van der Waals surface area (Å²) in [6.07, 6.45) is 2.12. The zero-order valence-corrected chi connectivity index (χ0v) is 11.2. The maximum absolute atomic E-state index is 5.66. The second-order valence-electron chi connectivity index (χ2n) is 3.67. The van der Waals surface area contributed by atoms with Crippen LogP contribution in [0.2, 0.25) is 0 Å². The van der Waals surface area contributed by atoms with Gasteiger partial charge >= 0.3 is 0 Å². The van der Waals surface area contributed by atoms with Gasteiger partial charge in [-0.2, -0.15) is 0 Å². The van der Waals surface area contributed by atoms with Crippen molar-refractivity contribution in [1.82, 2.24) is 0 Å². The Kier molecular flexibility index (Phi) is 6.11. The van der Waals surface area contributed by atoms with E-state index >= 15 is 0 Å². The van der Waals surface area contributed by atoms with Gasteiger partial charge in [-0.05, 0) is 43.0 Å². The Hall–Kier alpha value is -0.210. The Balaban J connectivity index is 2.22. The molecule has 1 atom stereocenters. The summed E-state index contributed by atoms with van der Waals surface area (Å²) in [7, 11) is 0. The molecular weight excluding hydrogens is 275 g/mol. The molecule has 0 aliphatic heterocycles. The van der Waals surface area contributed by atoms with Crippen molar-refractivity contribution in [2.24, 2.45) is 5.92 Å². The van der Waals surface area contributed by atoms with Gasteiger partial charge in [-0.3, -0.25) is 0 Å². The standard InChI is InChI=1S/C12H16BrClO/c1-10(6-8-14)7-9-15-12-4-2-11(13)3-5-12/h2-5,10H,6-9H2,1H3. The summed E-state index contributed by atoms with van der Waals surface area (Å²) in [6.45, 7) is 2.97. The second-order valence-corrected chi connectivity index (χ2v) is 4.97. The van der Waals surface area contributed by atoms with Gasteiger partial charge in [0, 0.05) is 10.4 Å².